The van der Waals surface area contributed by atoms with Gasteiger partial charge in [0.05, 0.1) is 6.54 Å². The Labute approximate surface area is 130 Å². The maximum atomic E-state index is 11.4. The Balaban J connectivity index is 1.66. The molecule has 1 N–H and O–H groups in total. The minimum absolute atomic E-state index is 0.00273. The number of halogens is 1. The predicted octanol–water partition coefficient (Wildman–Crippen LogP) is 1.57. The van der Waals surface area contributed by atoms with Gasteiger partial charge in [0, 0.05) is 28.8 Å². The van der Waals surface area contributed by atoms with Gasteiger partial charge in [0.15, 0.2) is 5.82 Å². The summed E-state index contributed by atoms with van der Waals surface area (Å²) in [5, 5.41) is 7.24. The Morgan fingerprint density at radius 1 is 1.35 bits per heavy atom. The van der Waals surface area contributed by atoms with Gasteiger partial charge in [0.25, 0.3) is 0 Å². The third-order valence-corrected chi connectivity index (χ3v) is 3.83. The first kappa shape index (κ1) is 13.3. The number of hydrogen-bond donors (Lipinski definition) is 1. The Bertz CT molecular complexity index is 627. The number of urea groups is 1. The smallest absolute Gasteiger partial charge is 0.317 e. The first-order chi connectivity index (χ1) is 9.72. The molecule has 1 aliphatic rings. The number of rotatable bonds is 4. The second kappa shape index (κ2) is 5.78. The highest BCUT2D eigenvalue weighted by atomic mass is 127. The zero-order valence-corrected chi connectivity index (χ0v) is 12.9. The molecule has 2 heterocycles. The third-order valence-electron chi connectivity index (χ3n) is 3.16. The number of aromatic nitrogens is 3. The number of amides is 2. The first-order valence-electron chi connectivity index (χ1n) is 6.40. The van der Waals surface area contributed by atoms with Gasteiger partial charge in [-0.15, -0.1) is 0 Å². The summed E-state index contributed by atoms with van der Waals surface area (Å²) >= 11 is 2.27. The van der Waals surface area contributed by atoms with Gasteiger partial charge < -0.3 is 10.2 Å². The minimum Gasteiger partial charge on any atom is -0.336 e. The number of carbonyl (C=O) groups excluding carboxylic acids is 1. The molecule has 0 bridgehead atoms. The highest BCUT2D eigenvalue weighted by Crippen LogP contribution is 2.17. The van der Waals surface area contributed by atoms with E-state index in [0.717, 1.165) is 28.0 Å². The molecule has 1 fully saturated rings. The van der Waals surface area contributed by atoms with E-state index < -0.39 is 0 Å². The van der Waals surface area contributed by atoms with Crippen LogP contribution in [0.1, 0.15) is 0 Å². The maximum absolute atomic E-state index is 11.4. The highest BCUT2D eigenvalue weighted by Gasteiger charge is 2.18. The van der Waals surface area contributed by atoms with Crippen LogP contribution in [0.4, 0.5) is 4.79 Å². The molecule has 2 aromatic rings. The van der Waals surface area contributed by atoms with E-state index in [1.54, 1.807) is 15.9 Å². The van der Waals surface area contributed by atoms with E-state index in [4.69, 9.17) is 0 Å². The molecular weight excluding hydrogens is 369 g/mol. The molecule has 0 radical (unpaired) electrons. The molecule has 104 valence electrons. The van der Waals surface area contributed by atoms with Crippen molar-refractivity contribution >= 4 is 28.6 Å². The SMILES string of the molecule is O=C1NCCN1CCn1cnc(-c2cccc(I)c2)n1. The number of nitrogens with one attached hydrogen (secondary N) is 1. The molecule has 1 aromatic heterocycles. The topological polar surface area (TPSA) is 63.1 Å². The van der Waals surface area contributed by atoms with E-state index in [0.29, 0.717) is 13.1 Å². The number of hydrogen-bond acceptors (Lipinski definition) is 3. The Hall–Kier alpha value is -1.64. The van der Waals surface area contributed by atoms with Crippen molar-refractivity contribution < 1.29 is 4.79 Å². The predicted molar refractivity (Wildman–Crippen MR) is 83.1 cm³/mol. The normalized spacial score (nSPS) is 14.7. The van der Waals surface area contributed by atoms with E-state index in [1.165, 1.54) is 0 Å². The molecule has 7 heteroatoms. The van der Waals surface area contributed by atoms with Gasteiger partial charge in [-0.1, -0.05) is 12.1 Å². The van der Waals surface area contributed by atoms with Gasteiger partial charge in [-0.05, 0) is 34.7 Å². The van der Waals surface area contributed by atoms with Gasteiger partial charge in [-0.2, -0.15) is 5.10 Å². The van der Waals surface area contributed by atoms with Gasteiger partial charge >= 0.3 is 6.03 Å². The van der Waals surface area contributed by atoms with Gasteiger partial charge in [0.2, 0.25) is 0 Å². The fraction of sp³-hybridized carbons (Fsp3) is 0.308. The van der Waals surface area contributed by atoms with Crippen molar-refractivity contribution in [3.05, 3.63) is 34.2 Å². The number of benzene rings is 1. The van der Waals surface area contributed by atoms with Crippen molar-refractivity contribution in [3.63, 3.8) is 0 Å². The van der Waals surface area contributed by atoms with Crippen LogP contribution in [0.25, 0.3) is 11.4 Å². The zero-order valence-electron chi connectivity index (χ0n) is 10.8. The Morgan fingerprint density at radius 2 is 2.25 bits per heavy atom. The second-order valence-electron chi connectivity index (χ2n) is 4.56. The van der Waals surface area contributed by atoms with Crippen LogP contribution in [0.5, 0.6) is 0 Å². The molecular formula is C13H14IN5O. The molecule has 0 unspecified atom stereocenters. The van der Waals surface area contributed by atoms with Gasteiger partial charge in [-0.3, -0.25) is 4.68 Å². The molecule has 1 saturated heterocycles. The second-order valence-corrected chi connectivity index (χ2v) is 5.81. The van der Waals surface area contributed by atoms with Crippen molar-refractivity contribution in [2.24, 2.45) is 0 Å². The lowest BCUT2D eigenvalue weighted by Gasteiger charge is -2.13. The van der Waals surface area contributed by atoms with E-state index in [2.05, 4.69) is 38.0 Å². The number of nitrogens with zero attached hydrogens (tertiary/aromatic N) is 4. The van der Waals surface area contributed by atoms with Crippen LogP contribution in [0.2, 0.25) is 0 Å². The quantitative estimate of drug-likeness (QED) is 0.816. The molecule has 3 rings (SSSR count). The summed E-state index contributed by atoms with van der Waals surface area (Å²) in [5.74, 6) is 0.717. The third kappa shape index (κ3) is 2.92. The lowest BCUT2D eigenvalue weighted by atomic mass is 10.2. The average Bonchev–Trinajstić information content (AvgIpc) is 3.05. The summed E-state index contributed by atoms with van der Waals surface area (Å²) < 4.78 is 2.94. The van der Waals surface area contributed by atoms with Crippen molar-refractivity contribution in [2.75, 3.05) is 19.6 Å². The Kier molecular flexibility index (Phi) is 3.86. The average molecular weight is 383 g/mol. The maximum Gasteiger partial charge on any atom is 0.317 e. The van der Waals surface area contributed by atoms with Gasteiger partial charge in [-0.25, -0.2) is 9.78 Å². The van der Waals surface area contributed by atoms with Crippen molar-refractivity contribution in [3.8, 4) is 11.4 Å². The van der Waals surface area contributed by atoms with Crippen LogP contribution < -0.4 is 5.32 Å². The fourth-order valence-electron chi connectivity index (χ4n) is 2.11. The van der Waals surface area contributed by atoms with Crippen LogP contribution in [0.3, 0.4) is 0 Å². The van der Waals surface area contributed by atoms with E-state index >= 15 is 0 Å². The molecule has 0 spiro atoms. The standard InChI is InChI=1S/C13H14IN5O/c14-11-3-1-2-10(8-11)12-16-9-19(17-12)7-6-18-5-4-15-13(18)20/h1-3,8-9H,4-7H2,(H,15,20). The molecule has 6 nitrogen and oxygen atoms in total. The molecule has 0 saturated carbocycles. The highest BCUT2D eigenvalue weighted by molar-refractivity contribution is 14.1. The largest absolute Gasteiger partial charge is 0.336 e. The van der Waals surface area contributed by atoms with E-state index in [1.807, 2.05) is 24.3 Å². The monoisotopic (exact) mass is 383 g/mol. The summed E-state index contributed by atoms with van der Waals surface area (Å²) in [5.41, 5.74) is 1.01. The van der Waals surface area contributed by atoms with Gasteiger partial charge in [0.1, 0.15) is 6.33 Å². The summed E-state index contributed by atoms with van der Waals surface area (Å²) in [7, 11) is 0. The summed E-state index contributed by atoms with van der Waals surface area (Å²) in [6.07, 6.45) is 1.71. The molecule has 1 aliphatic heterocycles. The van der Waals surface area contributed by atoms with Crippen LogP contribution >= 0.6 is 22.6 Å². The summed E-state index contributed by atoms with van der Waals surface area (Å²) in [4.78, 5) is 17.5. The van der Waals surface area contributed by atoms with Crippen LogP contribution in [0, 0.1) is 3.57 Å². The molecule has 20 heavy (non-hydrogen) atoms. The molecule has 1 aromatic carbocycles. The van der Waals surface area contributed by atoms with E-state index in [9.17, 15) is 4.79 Å². The molecule has 2 amide bonds. The first-order valence-corrected chi connectivity index (χ1v) is 7.48. The fourth-order valence-corrected chi connectivity index (χ4v) is 2.65. The van der Waals surface area contributed by atoms with Crippen LogP contribution in [0.15, 0.2) is 30.6 Å². The minimum atomic E-state index is 0.00273. The molecule has 0 aliphatic carbocycles. The summed E-state index contributed by atoms with van der Waals surface area (Å²) in [6, 6.07) is 8.08. The van der Waals surface area contributed by atoms with Crippen LogP contribution in [-0.2, 0) is 6.54 Å². The zero-order chi connectivity index (χ0) is 13.9. The Morgan fingerprint density at radius 3 is 3.00 bits per heavy atom. The van der Waals surface area contributed by atoms with E-state index in [-0.39, 0.29) is 6.03 Å². The van der Waals surface area contributed by atoms with Crippen LogP contribution in [-0.4, -0.2) is 45.3 Å². The van der Waals surface area contributed by atoms with Crippen molar-refractivity contribution in [1.29, 1.82) is 0 Å². The van der Waals surface area contributed by atoms with Crippen molar-refractivity contribution in [2.45, 2.75) is 6.54 Å². The number of carbonyl (C=O) groups is 1. The lowest BCUT2D eigenvalue weighted by Crippen LogP contribution is -2.31. The lowest BCUT2D eigenvalue weighted by molar-refractivity contribution is 0.215. The molecule has 0 atom stereocenters. The summed E-state index contributed by atoms with van der Waals surface area (Å²) in [6.45, 7) is 2.80. The van der Waals surface area contributed by atoms with Crippen molar-refractivity contribution in [1.82, 2.24) is 25.0 Å².